The Hall–Kier alpha value is -4.79. The van der Waals surface area contributed by atoms with Crippen molar-refractivity contribution in [3.63, 3.8) is 0 Å². The first-order chi connectivity index (χ1) is 16.3. The maximum absolute atomic E-state index is 14.2. The lowest BCUT2D eigenvalue weighted by atomic mass is 10.1. The third-order valence-corrected chi connectivity index (χ3v) is 4.97. The van der Waals surface area contributed by atoms with Gasteiger partial charge in [0.05, 0.1) is 11.3 Å². The normalized spacial score (nSPS) is 14.8. The van der Waals surface area contributed by atoms with Crippen molar-refractivity contribution in [2.45, 2.75) is 6.61 Å². The molecule has 0 spiro atoms. The summed E-state index contributed by atoms with van der Waals surface area (Å²) in [7, 11) is 0. The molecule has 0 aliphatic carbocycles. The van der Waals surface area contributed by atoms with E-state index in [2.05, 4.69) is 0 Å². The standard InChI is InChI=1S/C25H17FN2O6/c26-20-6-1-2-7-21(20)28-23(30)19(22(29)27-25(28)33)13-15-8-10-18(11-9-15)34-14-16-4-3-5-17(12-16)24(31)32/h1-13H,14H2,(H,31,32)(H,27,29,33). The highest BCUT2D eigenvalue weighted by atomic mass is 19.1. The zero-order chi connectivity index (χ0) is 24.2. The number of nitrogens with zero attached hydrogens (tertiary/aromatic N) is 1. The van der Waals surface area contributed by atoms with E-state index in [1.807, 2.05) is 5.32 Å². The summed E-state index contributed by atoms with van der Waals surface area (Å²) in [5.74, 6) is -3.17. The zero-order valence-corrected chi connectivity index (χ0v) is 17.5. The van der Waals surface area contributed by atoms with Crippen molar-refractivity contribution < 1.29 is 33.4 Å². The Balaban J connectivity index is 1.51. The molecule has 0 unspecified atom stereocenters. The van der Waals surface area contributed by atoms with Crippen LogP contribution in [0.25, 0.3) is 6.08 Å². The Morgan fingerprint density at radius 3 is 2.44 bits per heavy atom. The molecular weight excluding hydrogens is 443 g/mol. The molecule has 0 atom stereocenters. The van der Waals surface area contributed by atoms with Crippen molar-refractivity contribution >= 4 is 35.6 Å². The van der Waals surface area contributed by atoms with E-state index in [1.54, 1.807) is 36.4 Å². The van der Waals surface area contributed by atoms with Gasteiger partial charge >= 0.3 is 12.0 Å². The number of carboxylic acids is 1. The molecule has 34 heavy (non-hydrogen) atoms. The quantitative estimate of drug-likeness (QED) is 0.428. The van der Waals surface area contributed by atoms with Gasteiger partial charge in [-0.15, -0.1) is 0 Å². The van der Waals surface area contributed by atoms with Gasteiger partial charge < -0.3 is 9.84 Å². The molecule has 9 heteroatoms. The van der Waals surface area contributed by atoms with Crippen molar-refractivity contribution in [2.75, 3.05) is 4.90 Å². The minimum atomic E-state index is -1.03. The number of ether oxygens (including phenoxy) is 1. The van der Waals surface area contributed by atoms with Crippen LogP contribution in [0.4, 0.5) is 14.9 Å². The Labute approximate surface area is 192 Å². The van der Waals surface area contributed by atoms with Gasteiger partial charge in [-0.3, -0.25) is 14.9 Å². The van der Waals surface area contributed by atoms with Crippen LogP contribution in [0.5, 0.6) is 5.75 Å². The van der Waals surface area contributed by atoms with E-state index in [1.165, 1.54) is 36.4 Å². The first-order valence-electron chi connectivity index (χ1n) is 10.0. The highest BCUT2D eigenvalue weighted by molar-refractivity contribution is 6.39. The van der Waals surface area contributed by atoms with Gasteiger partial charge in [-0.05, 0) is 53.6 Å². The average molecular weight is 460 g/mol. The smallest absolute Gasteiger partial charge is 0.336 e. The fourth-order valence-electron chi connectivity index (χ4n) is 3.30. The molecule has 4 amide bonds. The fraction of sp³-hybridized carbons (Fsp3) is 0.0400. The van der Waals surface area contributed by atoms with Crippen molar-refractivity contribution in [3.8, 4) is 5.75 Å². The summed E-state index contributed by atoms with van der Waals surface area (Å²) in [5, 5.41) is 11.1. The van der Waals surface area contributed by atoms with Crippen LogP contribution in [0.2, 0.25) is 0 Å². The number of rotatable bonds is 6. The third-order valence-electron chi connectivity index (χ3n) is 4.97. The van der Waals surface area contributed by atoms with E-state index in [9.17, 15) is 23.6 Å². The van der Waals surface area contributed by atoms with Crippen LogP contribution in [0.3, 0.4) is 0 Å². The summed E-state index contributed by atoms with van der Waals surface area (Å²) in [6, 6.07) is 17.0. The molecule has 1 fully saturated rings. The SMILES string of the molecule is O=C1NC(=O)N(c2ccccc2F)C(=O)C1=Cc1ccc(OCc2cccc(C(=O)O)c2)cc1. The number of halogens is 1. The third kappa shape index (κ3) is 4.68. The highest BCUT2D eigenvalue weighted by Gasteiger charge is 2.37. The summed E-state index contributed by atoms with van der Waals surface area (Å²) < 4.78 is 19.8. The molecule has 0 saturated carbocycles. The maximum atomic E-state index is 14.2. The molecule has 1 aliphatic heterocycles. The molecule has 0 radical (unpaired) electrons. The lowest BCUT2D eigenvalue weighted by Gasteiger charge is -2.26. The number of hydrogen-bond acceptors (Lipinski definition) is 5. The number of carboxylic acid groups (broad SMARTS) is 1. The summed E-state index contributed by atoms with van der Waals surface area (Å²) in [5.41, 5.74) is 0.706. The van der Waals surface area contributed by atoms with Gasteiger partial charge in [-0.1, -0.05) is 36.4 Å². The highest BCUT2D eigenvalue weighted by Crippen LogP contribution is 2.25. The van der Waals surface area contributed by atoms with Crippen molar-refractivity contribution in [3.05, 3.63) is 101 Å². The van der Waals surface area contributed by atoms with Gasteiger partial charge in [-0.2, -0.15) is 0 Å². The van der Waals surface area contributed by atoms with Crippen molar-refractivity contribution in [1.82, 2.24) is 5.32 Å². The Morgan fingerprint density at radius 1 is 1.00 bits per heavy atom. The van der Waals surface area contributed by atoms with Crippen molar-refractivity contribution in [2.24, 2.45) is 0 Å². The molecule has 2 N–H and O–H groups in total. The molecule has 170 valence electrons. The summed E-state index contributed by atoms with van der Waals surface area (Å²) in [4.78, 5) is 49.0. The second-order valence-electron chi connectivity index (χ2n) is 7.27. The number of carbonyl (C=O) groups excluding carboxylic acids is 3. The molecule has 1 saturated heterocycles. The van der Waals surface area contributed by atoms with Crippen LogP contribution in [-0.2, 0) is 16.2 Å². The number of urea groups is 1. The van der Waals surface area contributed by atoms with Gasteiger partial charge in [0.15, 0.2) is 0 Å². The van der Waals surface area contributed by atoms with E-state index in [4.69, 9.17) is 9.84 Å². The lowest BCUT2D eigenvalue weighted by Crippen LogP contribution is -2.54. The number of anilines is 1. The monoisotopic (exact) mass is 460 g/mol. The van der Waals surface area contributed by atoms with E-state index < -0.39 is 29.6 Å². The number of imide groups is 2. The van der Waals surface area contributed by atoms with E-state index >= 15 is 0 Å². The minimum absolute atomic E-state index is 0.141. The molecule has 1 heterocycles. The van der Waals surface area contributed by atoms with Gasteiger partial charge in [-0.25, -0.2) is 18.9 Å². The van der Waals surface area contributed by atoms with Gasteiger partial charge in [0.1, 0.15) is 23.7 Å². The summed E-state index contributed by atoms with van der Waals surface area (Å²) in [6.07, 6.45) is 1.29. The number of benzene rings is 3. The Kier molecular flexibility index (Phi) is 6.18. The Morgan fingerprint density at radius 2 is 1.74 bits per heavy atom. The zero-order valence-electron chi connectivity index (χ0n) is 17.5. The first-order valence-corrected chi connectivity index (χ1v) is 10.0. The van der Waals surface area contributed by atoms with E-state index in [0.717, 1.165) is 6.07 Å². The van der Waals surface area contributed by atoms with Crippen LogP contribution in [0, 0.1) is 5.82 Å². The average Bonchev–Trinajstić information content (AvgIpc) is 2.82. The topological polar surface area (TPSA) is 113 Å². The number of aromatic carboxylic acids is 1. The number of para-hydroxylation sites is 1. The van der Waals surface area contributed by atoms with Gasteiger partial charge in [0, 0.05) is 0 Å². The largest absolute Gasteiger partial charge is 0.489 e. The van der Waals surface area contributed by atoms with Crippen LogP contribution in [-0.4, -0.2) is 28.9 Å². The second-order valence-corrected chi connectivity index (χ2v) is 7.27. The van der Waals surface area contributed by atoms with Gasteiger partial charge in [0.25, 0.3) is 11.8 Å². The number of hydrogen-bond donors (Lipinski definition) is 2. The first kappa shape index (κ1) is 22.4. The number of amides is 4. The predicted molar refractivity (Wildman–Crippen MR) is 120 cm³/mol. The lowest BCUT2D eigenvalue weighted by molar-refractivity contribution is -0.122. The maximum Gasteiger partial charge on any atom is 0.336 e. The summed E-state index contributed by atoms with van der Waals surface area (Å²) >= 11 is 0. The number of barbiturate groups is 1. The van der Waals surface area contributed by atoms with E-state index in [-0.39, 0.29) is 23.4 Å². The number of carbonyl (C=O) groups is 4. The van der Waals surface area contributed by atoms with E-state index in [0.29, 0.717) is 21.8 Å². The Bertz CT molecular complexity index is 1330. The molecular formula is C25H17FN2O6. The summed E-state index contributed by atoms with van der Waals surface area (Å²) in [6.45, 7) is 0.141. The second kappa shape index (κ2) is 9.37. The van der Waals surface area contributed by atoms with Crippen LogP contribution >= 0.6 is 0 Å². The van der Waals surface area contributed by atoms with Crippen molar-refractivity contribution in [1.29, 1.82) is 0 Å². The molecule has 0 bridgehead atoms. The number of nitrogens with one attached hydrogen (secondary N) is 1. The van der Waals surface area contributed by atoms with Crippen LogP contribution in [0.15, 0.2) is 78.4 Å². The molecule has 8 nitrogen and oxygen atoms in total. The predicted octanol–water partition coefficient (Wildman–Crippen LogP) is 3.77. The van der Waals surface area contributed by atoms with Crippen LogP contribution < -0.4 is 15.0 Å². The molecule has 4 rings (SSSR count). The molecule has 3 aromatic rings. The molecule has 3 aromatic carbocycles. The molecule has 1 aliphatic rings. The minimum Gasteiger partial charge on any atom is -0.489 e. The van der Waals surface area contributed by atoms with Crippen LogP contribution in [0.1, 0.15) is 21.5 Å². The van der Waals surface area contributed by atoms with Gasteiger partial charge in [0.2, 0.25) is 0 Å². The fourth-order valence-corrected chi connectivity index (χ4v) is 3.30. The molecule has 0 aromatic heterocycles.